The molecular formula is C24H24N6O2S. The highest BCUT2D eigenvalue weighted by Crippen LogP contribution is 2.29. The summed E-state index contributed by atoms with van der Waals surface area (Å²) in [7, 11) is 1.65. The van der Waals surface area contributed by atoms with E-state index in [2.05, 4.69) is 64.5 Å². The number of benzene rings is 2. The lowest BCUT2D eigenvalue weighted by Crippen LogP contribution is -2.01. The molecule has 33 heavy (non-hydrogen) atoms. The molecule has 3 aromatic heterocycles. The van der Waals surface area contributed by atoms with Gasteiger partial charge in [0, 0.05) is 5.56 Å². The molecule has 0 atom stereocenters. The number of fused-ring (bicyclic) bond motifs is 1. The highest BCUT2D eigenvalue weighted by Gasteiger charge is 2.17. The zero-order valence-electron chi connectivity index (χ0n) is 18.9. The molecule has 168 valence electrons. The number of H-pyrrole nitrogens is 1. The van der Waals surface area contributed by atoms with Crippen molar-refractivity contribution in [1.29, 1.82) is 0 Å². The number of hydrogen-bond donors (Lipinski definition) is 1. The van der Waals surface area contributed by atoms with Crippen LogP contribution in [0.25, 0.3) is 27.7 Å². The van der Waals surface area contributed by atoms with Crippen LogP contribution in [-0.4, -0.2) is 37.1 Å². The van der Waals surface area contributed by atoms with Crippen LogP contribution in [0.5, 0.6) is 11.5 Å². The molecule has 5 aromatic rings. The average molecular weight is 461 g/mol. The number of nitrogens with one attached hydrogen (secondary N) is 1. The van der Waals surface area contributed by atoms with E-state index in [4.69, 9.17) is 9.47 Å². The fourth-order valence-corrected chi connectivity index (χ4v) is 4.36. The van der Waals surface area contributed by atoms with Crippen molar-refractivity contribution in [2.75, 3.05) is 7.11 Å². The number of methoxy groups -OCH3 is 1. The van der Waals surface area contributed by atoms with Gasteiger partial charge in [-0.05, 0) is 60.4 Å². The highest BCUT2D eigenvalue weighted by molar-refractivity contribution is 7.16. The lowest BCUT2D eigenvalue weighted by Gasteiger charge is -2.14. The van der Waals surface area contributed by atoms with Crippen LogP contribution in [-0.2, 0) is 6.61 Å². The van der Waals surface area contributed by atoms with E-state index in [1.54, 1.807) is 11.6 Å². The maximum atomic E-state index is 6.15. The van der Waals surface area contributed by atoms with E-state index in [9.17, 15) is 0 Å². The summed E-state index contributed by atoms with van der Waals surface area (Å²) in [4.78, 5) is 0.706. The summed E-state index contributed by atoms with van der Waals surface area (Å²) in [5.74, 6) is 2.69. The van der Waals surface area contributed by atoms with Crippen molar-refractivity contribution in [2.45, 2.75) is 33.3 Å². The first-order chi connectivity index (χ1) is 16.0. The summed E-state index contributed by atoms with van der Waals surface area (Å²) in [6, 6.07) is 16.0. The van der Waals surface area contributed by atoms with Crippen molar-refractivity contribution in [1.82, 2.24) is 30.0 Å². The molecule has 5 rings (SSSR count). The summed E-state index contributed by atoms with van der Waals surface area (Å²) in [5.41, 5.74) is 4.89. The predicted octanol–water partition coefficient (Wildman–Crippen LogP) is 5.26. The lowest BCUT2D eigenvalue weighted by molar-refractivity contribution is 0.299. The molecule has 0 unspecified atom stereocenters. The van der Waals surface area contributed by atoms with Crippen molar-refractivity contribution in [3.8, 4) is 34.3 Å². The first-order valence-electron chi connectivity index (χ1n) is 10.7. The molecule has 0 saturated carbocycles. The van der Waals surface area contributed by atoms with Gasteiger partial charge in [-0.25, -0.2) is 0 Å². The molecule has 0 aliphatic rings. The Labute approximate surface area is 195 Å². The Morgan fingerprint density at radius 2 is 1.88 bits per heavy atom. The Balaban J connectivity index is 1.38. The van der Waals surface area contributed by atoms with E-state index in [1.807, 2.05) is 30.3 Å². The zero-order valence-corrected chi connectivity index (χ0v) is 19.7. The largest absolute Gasteiger partial charge is 0.497 e. The number of aromatic amines is 1. The van der Waals surface area contributed by atoms with Crippen LogP contribution in [0.4, 0.5) is 0 Å². The van der Waals surface area contributed by atoms with Gasteiger partial charge in [-0.15, -0.1) is 10.2 Å². The fourth-order valence-electron chi connectivity index (χ4n) is 3.61. The smallest absolute Gasteiger partial charge is 0.235 e. The molecule has 0 radical (unpaired) electrons. The van der Waals surface area contributed by atoms with Gasteiger partial charge in [0.25, 0.3) is 0 Å². The molecule has 3 heterocycles. The van der Waals surface area contributed by atoms with Gasteiger partial charge in [-0.1, -0.05) is 37.3 Å². The van der Waals surface area contributed by atoms with Crippen molar-refractivity contribution in [2.24, 2.45) is 0 Å². The van der Waals surface area contributed by atoms with Crippen LogP contribution in [0.3, 0.4) is 0 Å². The predicted molar refractivity (Wildman–Crippen MR) is 128 cm³/mol. The van der Waals surface area contributed by atoms with Crippen LogP contribution in [0.1, 0.15) is 35.9 Å². The molecule has 0 spiro atoms. The molecule has 0 fully saturated rings. The Morgan fingerprint density at radius 1 is 1.06 bits per heavy atom. The quantitative estimate of drug-likeness (QED) is 0.356. The Kier molecular flexibility index (Phi) is 5.55. The average Bonchev–Trinajstić information content (AvgIpc) is 3.53. The summed E-state index contributed by atoms with van der Waals surface area (Å²) in [5, 5.41) is 21.6. The van der Waals surface area contributed by atoms with Crippen LogP contribution in [0, 0.1) is 6.92 Å². The third kappa shape index (κ3) is 4.19. The lowest BCUT2D eigenvalue weighted by atomic mass is 10.0. The van der Waals surface area contributed by atoms with Gasteiger partial charge in [0.05, 0.1) is 12.8 Å². The standard InChI is InChI=1S/C24H24N6O2S/c1-14(2)18-10-5-15(3)11-21(18)32-13-22-29-30-23(27-28-24(30)33-22)20-12-19(25-26-20)16-6-8-17(31-4)9-7-16/h5-12,14H,13H2,1-4H3,(H,25,26). The van der Waals surface area contributed by atoms with Crippen molar-refractivity contribution in [3.05, 3.63) is 64.7 Å². The van der Waals surface area contributed by atoms with E-state index < -0.39 is 0 Å². The molecule has 9 heteroatoms. The minimum Gasteiger partial charge on any atom is -0.497 e. The van der Waals surface area contributed by atoms with E-state index in [-0.39, 0.29) is 0 Å². The summed E-state index contributed by atoms with van der Waals surface area (Å²) >= 11 is 1.46. The van der Waals surface area contributed by atoms with Gasteiger partial charge in [0.15, 0.2) is 5.01 Å². The fraction of sp³-hybridized carbons (Fsp3) is 0.250. The first-order valence-corrected chi connectivity index (χ1v) is 11.5. The molecular weight excluding hydrogens is 436 g/mol. The van der Waals surface area contributed by atoms with Gasteiger partial charge in [-0.2, -0.15) is 14.7 Å². The number of rotatable bonds is 7. The second kappa shape index (κ2) is 8.67. The molecule has 0 aliphatic carbocycles. The molecule has 1 N–H and O–H groups in total. The molecule has 0 aliphatic heterocycles. The molecule has 2 aromatic carbocycles. The molecule has 8 nitrogen and oxygen atoms in total. The third-order valence-electron chi connectivity index (χ3n) is 5.38. The van der Waals surface area contributed by atoms with Crippen molar-refractivity contribution >= 4 is 16.3 Å². The second-order valence-electron chi connectivity index (χ2n) is 8.09. The van der Waals surface area contributed by atoms with Gasteiger partial charge in [0.1, 0.15) is 23.8 Å². The number of hydrogen-bond acceptors (Lipinski definition) is 7. The Morgan fingerprint density at radius 3 is 2.64 bits per heavy atom. The van der Waals surface area contributed by atoms with Crippen LogP contribution in [0.2, 0.25) is 0 Å². The van der Waals surface area contributed by atoms with Gasteiger partial charge in [0.2, 0.25) is 10.8 Å². The van der Waals surface area contributed by atoms with E-state index in [0.29, 0.717) is 23.3 Å². The minimum absolute atomic E-state index is 0.372. The monoisotopic (exact) mass is 460 g/mol. The van der Waals surface area contributed by atoms with Gasteiger partial charge < -0.3 is 9.47 Å². The maximum absolute atomic E-state index is 6.15. The topological polar surface area (TPSA) is 90.2 Å². The third-order valence-corrected chi connectivity index (χ3v) is 6.25. The van der Waals surface area contributed by atoms with Crippen molar-refractivity contribution < 1.29 is 9.47 Å². The number of aromatic nitrogens is 6. The van der Waals surface area contributed by atoms with Crippen LogP contribution in [0.15, 0.2) is 48.5 Å². The summed E-state index contributed by atoms with van der Waals surface area (Å²) in [6.07, 6.45) is 0. The maximum Gasteiger partial charge on any atom is 0.235 e. The van der Waals surface area contributed by atoms with E-state index in [1.165, 1.54) is 22.5 Å². The molecule has 0 saturated heterocycles. The Bertz CT molecular complexity index is 1400. The normalized spacial score (nSPS) is 11.4. The molecule has 0 amide bonds. The van der Waals surface area contributed by atoms with E-state index in [0.717, 1.165) is 33.5 Å². The summed E-state index contributed by atoms with van der Waals surface area (Å²) < 4.78 is 13.1. The van der Waals surface area contributed by atoms with Gasteiger partial charge in [-0.3, -0.25) is 5.10 Å². The number of aryl methyl sites for hydroxylation is 1. The number of ether oxygens (including phenoxy) is 2. The Hall–Kier alpha value is -3.72. The van der Waals surface area contributed by atoms with Crippen LogP contribution < -0.4 is 9.47 Å². The highest BCUT2D eigenvalue weighted by atomic mass is 32.1. The van der Waals surface area contributed by atoms with Crippen molar-refractivity contribution in [3.63, 3.8) is 0 Å². The minimum atomic E-state index is 0.372. The number of nitrogens with zero attached hydrogens (tertiary/aromatic N) is 5. The van der Waals surface area contributed by atoms with E-state index >= 15 is 0 Å². The second-order valence-corrected chi connectivity index (χ2v) is 9.13. The van der Waals surface area contributed by atoms with Crippen LogP contribution >= 0.6 is 11.3 Å². The molecule has 0 bridgehead atoms. The SMILES string of the molecule is COc1ccc(-c2cc(-c3nnc4sc(COc5cc(C)ccc5C(C)C)nn34)[nH]n2)cc1. The summed E-state index contributed by atoms with van der Waals surface area (Å²) in [6.45, 7) is 6.77. The first kappa shape index (κ1) is 21.1. The van der Waals surface area contributed by atoms with Gasteiger partial charge >= 0.3 is 0 Å². The zero-order chi connectivity index (χ0) is 22.9.